The SMILES string of the molecule is COCCCCC(O)(c1ccccc1-c1ccc(C)cc1)C1CCCN(C(=O)N2CCC(N)C2)C1. The molecule has 2 heterocycles. The zero-order valence-corrected chi connectivity index (χ0v) is 21.3. The number of aliphatic hydroxyl groups is 1. The first-order valence-electron chi connectivity index (χ1n) is 13.1. The molecule has 6 heteroatoms. The Morgan fingerprint density at radius 2 is 1.80 bits per heavy atom. The lowest BCUT2D eigenvalue weighted by Crippen LogP contribution is -2.51. The normalized spacial score (nSPS) is 22.3. The van der Waals surface area contributed by atoms with Crippen LogP contribution in [0.3, 0.4) is 0 Å². The number of hydrogen-bond acceptors (Lipinski definition) is 4. The van der Waals surface area contributed by atoms with Gasteiger partial charge in [0.2, 0.25) is 0 Å². The van der Waals surface area contributed by atoms with Gasteiger partial charge in [-0.25, -0.2) is 4.79 Å². The number of nitrogens with zero attached hydrogens (tertiary/aromatic N) is 2. The number of aryl methyl sites for hydroxylation is 1. The molecule has 6 nitrogen and oxygen atoms in total. The molecule has 2 saturated heterocycles. The molecule has 35 heavy (non-hydrogen) atoms. The van der Waals surface area contributed by atoms with E-state index in [1.165, 1.54) is 5.56 Å². The van der Waals surface area contributed by atoms with Gasteiger partial charge in [-0.2, -0.15) is 0 Å². The van der Waals surface area contributed by atoms with Crippen LogP contribution in [0, 0.1) is 12.8 Å². The van der Waals surface area contributed by atoms with Gasteiger partial charge in [-0.15, -0.1) is 0 Å². The van der Waals surface area contributed by atoms with Gasteiger partial charge in [0, 0.05) is 51.9 Å². The zero-order chi connectivity index (χ0) is 24.8. The minimum absolute atomic E-state index is 0.0365. The number of benzene rings is 2. The molecule has 0 aliphatic carbocycles. The fourth-order valence-corrected chi connectivity index (χ4v) is 5.75. The van der Waals surface area contributed by atoms with Crippen molar-refractivity contribution in [1.29, 1.82) is 0 Å². The highest BCUT2D eigenvalue weighted by atomic mass is 16.5. The third-order valence-electron chi connectivity index (χ3n) is 7.77. The number of likely N-dealkylation sites (tertiary alicyclic amines) is 2. The maximum absolute atomic E-state index is 13.3. The smallest absolute Gasteiger partial charge is 0.320 e. The molecule has 3 N–H and O–H groups in total. The summed E-state index contributed by atoms with van der Waals surface area (Å²) in [6.45, 7) is 5.41. The van der Waals surface area contributed by atoms with Crippen molar-refractivity contribution in [2.24, 2.45) is 11.7 Å². The Balaban J connectivity index is 1.64. The van der Waals surface area contributed by atoms with Crippen molar-refractivity contribution in [3.05, 3.63) is 59.7 Å². The molecule has 190 valence electrons. The highest BCUT2D eigenvalue weighted by Gasteiger charge is 2.43. The molecular weight excluding hydrogens is 438 g/mol. The first-order valence-corrected chi connectivity index (χ1v) is 13.1. The van der Waals surface area contributed by atoms with Crippen LogP contribution in [0.1, 0.15) is 49.7 Å². The number of urea groups is 1. The number of unbranched alkanes of at least 4 members (excludes halogenated alkanes) is 1. The second-order valence-electron chi connectivity index (χ2n) is 10.3. The molecule has 0 radical (unpaired) electrons. The molecule has 2 fully saturated rings. The summed E-state index contributed by atoms with van der Waals surface area (Å²) in [7, 11) is 1.72. The third kappa shape index (κ3) is 5.88. The van der Waals surface area contributed by atoms with Gasteiger partial charge < -0.3 is 25.4 Å². The number of amides is 2. The summed E-state index contributed by atoms with van der Waals surface area (Å²) in [5.74, 6) is -0.0365. The minimum Gasteiger partial charge on any atom is -0.385 e. The van der Waals surface area contributed by atoms with Crippen molar-refractivity contribution in [3.63, 3.8) is 0 Å². The largest absolute Gasteiger partial charge is 0.385 e. The molecule has 3 unspecified atom stereocenters. The quantitative estimate of drug-likeness (QED) is 0.545. The Bertz CT molecular complexity index is 979. The highest BCUT2D eigenvalue weighted by molar-refractivity contribution is 5.75. The van der Waals surface area contributed by atoms with Crippen molar-refractivity contribution >= 4 is 6.03 Å². The van der Waals surface area contributed by atoms with E-state index >= 15 is 0 Å². The van der Waals surface area contributed by atoms with E-state index in [4.69, 9.17) is 10.5 Å². The predicted molar refractivity (Wildman–Crippen MR) is 140 cm³/mol. The Morgan fingerprint density at radius 1 is 1.06 bits per heavy atom. The van der Waals surface area contributed by atoms with Crippen molar-refractivity contribution in [2.75, 3.05) is 39.9 Å². The third-order valence-corrected chi connectivity index (χ3v) is 7.77. The van der Waals surface area contributed by atoms with Crippen LogP contribution < -0.4 is 5.73 Å². The van der Waals surface area contributed by atoms with E-state index in [1.807, 2.05) is 21.9 Å². The maximum Gasteiger partial charge on any atom is 0.320 e. The molecule has 2 amide bonds. The maximum atomic E-state index is 13.3. The summed E-state index contributed by atoms with van der Waals surface area (Å²) in [4.78, 5) is 17.1. The number of piperidine rings is 1. The molecule has 2 aliphatic heterocycles. The summed E-state index contributed by atoms with van der Waals surface area (Å²) >= 11 is 0. The molecule has 2 aromatic carbocycles. The molecule has 4 rings (SSSR count). The standard InChI is InChI=1S/C29H41N3O3/c1-22-11-13-23(14-12-22)26-9-3-4-10-27(26)29(34,16-5-6-19-35-2)24-8-7-17-31(20-24)28(33)32-18-15-25(30)21-32/h3-4,9-14,24-25,34H,5-8,15-21,30H2,1-2H3. The fraction of sp³-hybridized carbons (Fsp3) is 0.552. The van der Waals surface area contributed by atoms with Crippen LogP contribution in [0.25, 0.3) is 11.1 Å². The van der Waals surface area contributed by atoms with Crippen molar-refractivity contribution < 1.29 is 14.6 Å². The van der Waals surface area contributed by atoms with E-state index in [1.54, 1.807) is 7.11 Å². The Kier molecular flexibility index (Phi) is 8.47. The van der Waals surface area contributed by atoms with E-state index in [2.05, 4.69) is 43.3 Å². The average Bonchev–Trinajstić information content (AvgIpc) is 3.33. The van der Waals surface area contributed by atoms with Gasteiger partial charge in [0.25, 0.3) is 0 Å². The number of hydrogen-bond donors (Lipinski definition) is 2. The van der Waals surface area contributed by atoms with Crippen LogP contribution in [0.4, 0.5) is 4.79 Å². The molecule has 0 bridgehead atoms. The first-order chi connectivity index (χ1) is 16.9. The topological polar surface area (TPSA) is 79.0 Å². The van der Waals surface area contributed by atoms with Crippen LogP contribution in [-0.2, 0) is 10.3 Å². The second-order valence-corrected chi connectivity index (χ2v) is 10.3. The van der Waals surface area contributed by atoms with E-state index in [0.29, 0.717) is 26.1 Å². The van der Waals surface area contributed by atoms with E-state index in [0.717, 1.165) is 61.9 Å². The molecular formula is C29H41N3O3. The lowest BCUT2D eigenvalue weighted by molar-refractivity contribution is -0.0571. The van der Waals surface area contributed by atoms with Gasteiger partial charge >= 0.3 is 6.03 Å². The molecule has 2 aliphatic rings. The Morgan fingerprint density at radius 3 is 2.51 bits per heavy atom. The number of rotatable bonds is 8. The molecule has 0 saturated carbocycles. The summed E-state index contributed by atoms with van der Waals surface area (Å²) in [6, 6.07) is 16.9. The summed E-state index contributed by atoms with van der Waals surface area (Å²) in [5, 5.41) is 12.5. The average molecular weight is 480 g/mol. The van der Waals surface area contributed by atoms with Gasteiger partial charge in [-0.1, -0.05) is 54.1 Å². The van der Waals surface area contributed by atoms with Crippen LogP contribution in [0.15, 0.2) is 48.5 Å². The van der Waals surface area contributed by atoms with Gasteiger partial charge in [0.15, 0.2) is 0 Å². The summed E-state index contributed by atoms with van der Waals surface area (Å²) in [5.41, 5.74) is 9.38. The molecule has 2 aromatic rings. The lowest BCUT2D eigenvalue weighted by atomic mass is 9.72. The van der Waals surface area contributed by atoms with Crippen LogP contribution in [0.5, 0.6) is 0 Å². The lowest BCUT2D eigenvalue weighted by Gasteiger charge is -2.44. The van der Waals surface area contributed by atoms with Gasteiger partial charge in [-0.3, -0.25) is 0 Å². The monoisotopic (exact) mass is 479 g/mol. The van der Waals surface area contributed by atoms with Crippen molar-refractivity contribution in [3.8, 4) is 11.1 Å². The second kappa shape index (κ2) is 11.5. The predicted octanol–water partition coefficient (Wildman–Crippen LogP) is 4.53. The van der Waals surface area contributed by atoms with Crippen molar-refractivity contribution in [2.45, 2.75) is 57.1 Å². The van der Waals surface area contributed by atoms with Crippen LogP contribution in [0.2, 0.25) is 0 Å². The Labute approximate surface area is 210 Å². The first kappa shape index (κ1) is 25.7. The summed E-state index contributed by atoms with van der Waals surface area (Å²) in [6.07, 6.45) is 5.04. The number of carbonyl (C=O) groups is 1. The van der Waals surface area contributed by atoms with Crippen LogP contribution in [-0.4, -0.2) is 66.9 Å². The van der Waals surface area contributed by atoms with E-state index in [9.17, 15) is 9.90 Å². The van der Waals surface area contributed by atoms with Crippen molar-refractivity contribution in [1.82, 2.24) is 9.80 Å². The van der Waals surface area contributed by atoms with E-state index < -0.39 is 5.60 Å². The number of ether oxygens (including phenoxy) is 1. The van der Waals surface area contributed by atoms with Gasteiger partial charge in [0.05, 0.1) is 5.60 Å². The molecule has 3 atom stereocenters. The molecule has 0 aromatic heterocycles. The number of nitrogens with two attached hydrogens (primary N) is 1. The molecule has 0 spiro atoms. The number of methoxy groups -OCH3 is 1. The van der Waals surface area contributed by atoms with Crippen LogP contribution >= 0.6 is 0 Å². The van der Waals surface area contributed by atoms with Gasteiger partial charge in [-0.05, 0) is 62.1 Å². The highest BCUT2D eigenvalue weighted by Crippen LogP contribution is 2.43. The zero-order valence-electron chi connectivity index (χ0n) is 21.3. The van der Waals surface area contributed by atoms with Gasteiger partial charge in [0.1, 0.15) is 0 Å². The number of carbonyl (C=O) groups excluding carboxylic acids is 1. The fourth-order valence-electron chi connectivity index (χ4n) is 5.75. The summed E-state index contributed by atoms with van der Waals surface area (Å²) < 4.78 is 5.28. The van der Waals surface area contributed by atoms with E-state index in [-0.39, 0.29) is 18.0 Å². The minimum atomic E-state index is -1.03. The Hall–Kier alpha value is -2.41.